The maximum absolute atomic E-state index is 13.4. The van der Waals surface area contributed by atoms with Crippen LogP contribution in [0.25, 0.3) is 27.9 Å². The van der Waals surface area contributed by atoms with Gasteiger partial charge in [0.05, 0.1) is 40.6 Å². The van der Waals surface area contributed by atoms with Crippen molar-refractivity contribution < 1.29 is 52.8 Å². The Morgan fingerprint density at radius 1 is 0.865 bits per heavy atom. The number of non-ortho nitro benzene ring substituents is 2. The van der Waals surface area contributed by atoms with Crippen LogP contribution >= 0.6 is 11.8 Å². The summed E-state index contributed by atoms with van der Waals surface area (Å²) in [4.78, 5) is 86.5. The minimum atomic E-state index is -1.22. The Morgan fingerprint density at radius 3 is 2.27 bits per heavy atom. The number of ether oxygens (including phenoxy) is 3. The van der Waals surface area contributed by atoms with Gasteiger partial charge in [0.1, 0.15) is 53.2 Å². The number of carboxylic acids is 1. The molecule has 19 nitrogen and oxygen atoms in total. The van der Waals surface area contributed by atoms with Crippen LogP contribution in [0.2, 0.25) is 0 Å². The Hall–Kier alpha value is -8.62. The highest BCUT2D eigenvalue weighted by atomic mass is 32.2. The highest BCUT2D eigenvalue weighted by Crippen LogP contribution is 2.62. The number of β-lactam (4-membered cyclic amide) rings is 1. The monoisotopic (exact) mass is 1020 g/mol. The molecule has 1 spiro atoms. The molecule has 1 saturated heterocycles. The van der Waals surface area contributed by atoms with Gasteiger partial charge in [-0.25, -0.2) is 4.79 Å². The molecule has 0 aromatic heterocycles. The van der Waals surface area contributed by atoms with E-state index in [2.05, 4.69) is 10.6 Å². The number of carbonyl (C=O) groups is 4. The lowest BCUT2D eigenvalue weighted by molar-refractivity contribution is -0.394. The van der Waals surface area contributed by atoms with Crippen LogP contribution in [0.3, 0.4) is 0 Å². The van der Waals surface area contributed by atoms with Crippen molar-refractivity contribution in [2.45, 2.75) is 61.5 Å². The summed E-state index contributed by atoms with van der Waals surface area (Å²) in [6.07, 6.45) is 5.52. The lowest BCUT2D eigenvalue weighted by atomic mass is 9.86. The third-order valence-electron chi connectivity index (χ3n) is 13.3. The van der Waals surface area contributed by atoms with Gasteiger partial charge < -0.3 is 34.4 Å². The highest BCUT2D eigenvalue weighted by Gasteiger charge is 2.64. The van der Waals surface area contributed by atoms with Crippen LogP contribution in [0.15, 0.2) is 147 Å². The molecule has 10 rings (SSSR count). The van der Waals surface area contributed by atoms with Crippen molar-refractivity contribution in [2.75, 3.05) is 19.8 Å². The van der Waals surface area contributed by atoms with Crippen molar-refractivity contribution in [2.24, 2.45) is 0 Å². The summed E-state index contributed by atoms with van der Waals surface area (Å²) in [7, 11) is 0. The molecule has 1 saturated carbocycles. The SMILES string of the molecule is CC1=C(c2c3ccc(=O)cc-3oc3cc(OCc4ccc(OCC5=C(C(=O)O)N6C(=O)[C@@H](NC(=O)Cc7ccccc7)[C@H]6SC56CC6)cc4)ccc23)C=CC(OCCNC(=O)c2cc([N+](=O)[O-])cc([N+](=O)[O-])c2)C1. The van der Waals surface area contributed by atoms with Gasteiger partial charge in [-0.05, 0) is 79.3 Å². The standard InChI is InChI=1S/C54H45N5O14S/c1-30-21-38(70-20-19-55-50(62)33-23-34(58(66)67)25-35(24-33)59(68)69)12-15-40(30)47-41-14-9-36(60)26-44(41)73-45-27-39(13-16-42(45)47)71-28-32-7-10-37(11-8-32)72-29-43-49(53(64)65)57-51(63)48(52(57)74-54(43)17-18-54)56-46(61)22-31-5-3-2-4-6-31/h2-16,23-27,38,48,52H,17-22,28-29H2,1H3,(H,55,62)(H,56,61)(H,64,65)/t38?,48-,52-/m1/s1. The summed E-state index contributed by atoms with van der Waals surface area (Å²) in [5.41, 5.74) is 4.43. The number of nitro groups is 2. The van der Waals surface area contributed by atoms with E-state index in [4.69, 9.17) is 18.6 Å². The number of nitrogens with one attached hydrogen (secondary N) is 2. The number of carboxylic acid groups (broad SMARTS) is 1. The van der Waals surface area contributed by atoms with Crippen LogP contribution in [-0.4, -0.2) is 85.6 Å². The van der Waals surface area contributed by atoms with Crippen molar-refractivity contribution in [3.63, 3.8) is 0 Å². The van der Waals surface area contributed by atoms with Crippen molar-refractivity contribution in [1.82, 2.24) is 15.5 Å². The van der Waals surface area contributed by atoms with Gasteiger partial charge in [0.25, 0.3) is 23.2 Å². The maximum atomic E-state index is 13.4. The quantitative estimate of drug-likeness (QED) is 0.0245. The van der Waals surface area contributed by atoms with E-state index < -0.39 is 55.2 Å². The number of hydrogen-bond acceptors (Lipinski definition) is 14. The molecule has 3 aliphatic heterocycles. The summed E-state index contributed by atoms with van der Waals surface area (Å²) in [6.45, 7) is 2.24. The minimum Gasteiger partial charge on any atom is -0.489 e. The Kier molecular flexibility index (Phi) is 13.3. The van der Waals surface area contributed by atoms with E-state index in [0.29, 0.717) is 34.8 Å². The smallest absolute Gasteiger partial charge is 0.352 e. The van der Waals surface area contributed by atoms with E-state index in [9.17, 15) is 49.3 Å². The Morgan fingerprint density at radius 2 is 1.58 bits per heavy atom. The topological polar surface area (TPSA) is 260 Å². The van der Waals surface area contributed by atoms with Gasteiger partial charge in [-0.2, -0.15) is 0 Å². The number of hydrogen-bond donors (Lipinski definition) is 3. The summed E-state index contributed by atoms with van der Waals surface area (Å²) in [5.74, 6) is -1.33. The Labute approximate surface area is 425 Å². The molecular weight excluding hydrogens is 975 g/mol. The summed E-state index contributed by atoms with van der Waals surface area (Å²) < 4.78 is 24.2. The fourth-order valence-electron chi connectivity index (χ4n) is 9.48. The van der Waals surface area contributed by atoms with E-state index in [1.807, 2.05) is 73.7 Å². The average Bonchev–Trinajstić information content (AvgIpc) is 4.17. The number of allylic oxidation sites excluding steroid dienone is 2. The third kappa shape index (κ3) is 9.96. The van der Waals surface area contributed by atoms with Crippen LogP contribution in [0, 0.1) is 20.2 Å². The van der Waals surface area contributed by atoms with Gasteiger partial charge in [0, 0.05) is 57.6 Å². The zero-order valence-corrected chi connectivity index (χ0v) is 40.3. The van der Waals surface area contributed by atoms with Crippen LogP contribution in [-0.2, 0) is 32.1 Å². The lowest BCUT2D eigenvalue weighted by Gasteiger charge is -2.51. The molecular formula is C54H45N5O14S. The molecule has 4 aromatic carbocycles. The first kappa shape index (κ1) is 49.0. The largest absolute Gasteiger partial charge is 0.489 e. The minimum absolute atomic E-state index is 0.0362. The van der Waals surface area contributed by atoms with Crippen molar-refractivity contribution in [3.05, 3.63) is 191 Å². The summed E-state index contributed by atoms with van der Waals surface area (Å²) in [5, 5.41) is 38.6. The fraction of sp³-hybridized carbons (Fsp3) is 0.241. The summed E-state index contributed by atoms with van der Waals surface area (Å²) >= 11 is 1.50. The lowest BCUT2D eigenvalue weighted by Crippen LogP contribution is -2.71. The van der Waals surface area contributed by atoms with Gasteiger partial charge in [0.2, 0.25) is 5.91 Å². The number of aliphatic carboxylic acids is 1. The molecule has 2 fully saturated rings. The molecule has 74 heavy (non-hydrogen) atoms. The Balaban J connectivity index is 0.770. The highest BCUT2D eigenvalue weighted by molar-refractivity contribution is 8.02. The fourth-order valence-corrected chi connectivity index (χ4v) is 11.2. The van der Waals surface area contributed by atoms with E-state index >= 15 is 0 Å². The van der Waals surface area contributed by atoms with Crippen molar-refractivity contribution in [1.29, 1.82) is 0 Å². The van der Waals surface area contributed by atoms with Crippen LogP contribution < -0.4 is 25.5 Å². The first-order chi connectivity index (χ1) is 35.6. The molecule has 0 radical (unpaired) electrons. The molecule has 4 aromatic rings. The van der Waals surface area contributed by atoms with Gasteiger partial charge in [0.15, 0.2) is 5.43 Å². The van der Waals surface area contributed by atoms with Crippen LogP contribution in [0.4, 0.5) is 11.4 Å². The molecule has 1 unspecified atom stereocenters. The number of amides is 3. The second kappa shape index (κ2) is 20.1. The number of fused-ring (bicyclic) bond motifs is 3. The number of rotatable bonds is 18. The molecule has 376 valence electrons. The maximum Gasteiger partial charge on any atom is 0.352 e. The molecule has 0 bridgehead atoms. The average molecular weight is 1020 g/mol. The van der Waals surface area contributed by atoms with Crippen LogP contribution in [0.1, 0.15) is 53.2 Å². The first-order valence-corrected chi connectivity index (χ1v) is 24.4. The van der Waals surface area contributed by atoms with Gasteiger partial charge in [-0.15, -0.1) is 11.8 Å². The van der Waals surface area contributed by atoms with E-state index in [-0.39, 0.29) is 61.5 Å². The molecule has 20 heteroatoms. The predicted molar refractivity (Wildman–Crippen MR) is 270 cm³/mol. The predicted octanol–water partition coefficient (Wildman–Crippen LogP) is 7.73. The van der Waals surface area contributed by atoms with Crippen molar-refractivity contribution >= 4 is 63.4 Å². The second-order valence-electron chi connectivity index (χ2n) is 18.2. The van der Waals surface area contributed by atoms with E-state index in [0.717, 1.165) is 69.8 Å². The van der Waals surface area contributed by atoms with Crippen molar-refractivity contribution in [3.8, 4) is 22.8 Å². The molecule has 3 heterocycles. The summed E-state index contributed by atoms with van der Waals surface area (Å²) in [6, 6.07) is 28.4. The normalized spacial score (nSPS) is 18.5. The Bertz CT molecular complexity index is 3390. The van der Waals surface area contributed by atoms with Crippen LogP contribution in [0.5, 0.6) is 11.5 Å². The molecule has 3 aliphatic carbocycles. The third-order valence-corrected chi connectivity index (χ3v) is 15.1. The number of nitro benzene ring substituents is 2. The number of benzene rings is 5. The van der Waals surface area contributed by atoms with Gasteiger partial charge >= 0.3 is 5.97 Å². The van der Waals surface area contributed by atoms with E-state index in [1.165, 1.54) is 28.8 Å². The first-order valence-electron chi connectivity index (χ1n) is 23.5. The number of thioether (sulfide) groups is 1. The number of carbonyl (C=O) groups excluding carboxylic acids is 3. The molecule has 6 aliphatic rings. The van der Waals surface area contributed by atoms with E-state index in [1.54, 1.807) is 24.3 Å². The molecule has 3 amide bonds. The number of nitrogens with zero attached hydrogens (tertiary/aromatic N) is 3. The van der Waals surface area contributed by atoms with Gasteiger partial charge in [-0.1, -0.05) is 60.2 Å². The van der Waals surface area contributed by atoms with Gasteiger partial charge in [-0.3, -0.25) is 44.3 Å². The zero-order chi connectivity index (χ0) is 51.8. The second-order valence-corrected chi connectivity index (χ2v) is 19.7. The molecule has 3 N–H and O–H groups in total. The molecule has 3 atom stereocenters. The zero-order valence-electron chi connectivity index (χ0n) is 39.4.